The number of ether oxygens (including phenoxy) is 2. The van der Waals surface area contributed by atoms with Crippen molar-refractivity contribution in [2.24, 2.45) is 4.99 Å². The molecule has 2 rings (SSSR count). The van der Waals surface area contributed by atoms with Crippen LogP contribution in [-0.2, 0) is 11.3 Å². The molecule has 0 unspecified atom stereocenters. The quantitative estimate of drug-likeness (QED) is 0.357. The maximum absolute atomic E-state index is 5.56. The molecule has 0 aromatic heterocycles. The Morgan fingerprint density at radius 1 is 1.31 bits per heavy atom. The Hall–Kier alpha value is -0.670. The number of hydrogen-bond donors (Lipinski definition) is 1. The standard InChI is InChI=1S/C19H31N3O2S.HI/c1-5-25-19(10-12-24-13-11-19)15-21-18(20-2)22(3)14-16-6-8-17(23-4)9-7-16;/h6-9H,5,10-15H2,1-4H3,(H,20,21);1H. The van der Waals surface area contributed by atoms with Gasteiger partial charge in [0.15, 0.2) is 5.96 Å². The van der Waals surface area contributed by atoms with Crippen molar-refractivity contribution in [2.75, 3.05) is 46.7 Å². The molecule has 0 aliphatic carbocycles. The van der Waals surface area contributed by atoms with Gasteiger partial charge >= 0.3 is 0 Å². The summed E-state index contributed by atoms with van der Waals surface area (Å²) < 4.78 is 11.0. The Labute approximate surface area is 179 Å². The van der Waals surface area contributed by atoms with E-state index in [1.54, 1.807) is 7.11 Å². The van der Waals surface area contributed by atoms with Gasteiger partial charge in [0.05, 0.1) is 7.11 Å². The van der Waals surface area contributed by atoms with E-state index < -0.39 is 0 Å². The first-order chi connectivity index (χ1) is 12.1. The molecule has 1 heterocycles. The Balaban J connectivity index is 0.00000338. The van der Waals surface area contributed by atoms with Gasteiger partial charge in [-0.1, -0.05) is 19.1 Å². The van der Waals surface area contributed by atoms with Crippen LogP contribution in [0.1, 0.15) is 25.3 Å². The van der Waals surface area contributed by atoms with Crippen molar-refractivity contribution < 1.29 is 9.47 Å². The second-order valence-corrected chi connectivity index (χ2v) is 8.07. The van der Waals surface area contributed by atoms with Crippen LogP contribution in [0.4, 0.5) is 0 Å². The van der Waals surface area contributed by atoms with Gasteiger partial charge in [-0.3, -0.25) is 4.99 Å². The van der Waals surface area contributed by atoms with Gasteiger partial charge in [0.1, 0.15) is 5.75 Å². The largest absolute Gasteiger partial charge is 0.497 e. The highest BCUT2D eigenvalue weighted by molar-refractivity contribution is 14.0. The van der Waals surface area contributed by atoms with Gasteiger partial charge in [0, 0.05) is 45.1 Å². The lowest BCUT2D eigenvalue weighted by molar-refractivity contribution is 0.0780. The van der Waals surface area contributed by atoms with Gasteiger partial charge in [-0.25, -0.2) is 0 Å². The van der Waals surface area contributed by atoms with E-state index >= 15 is 0 Å². The molecule has 0 spiro atoms. The summed E-state index contributed by atoms with van der Waals surface area (Å²) in [7, 11) is 5.60. The normalized spacial score (nSPS) is 16.5. The first-order valence-corrected chi connectivity index (χ1v) is 9.87. The van der Waals surface area contributed by atoms with Gasteiger partial charge in [-0.15, -0.1) is 24.0 Å². The maximum Gasteiger partial charge on any atom is 0.193 e. The Kier molecular flexibility index (Phi) is 10.7. The van der Waals surface area contributed by atoms with Crippen LogP contribution < -0.4 is 10.1 Å². The van der Waals surface area contributed by atoms with Crippen LogP contribution in [0.5, 0.6) is 5.75 Å². The number of aliphatic imine (C=N–C) groups is 1. The van der Waals surface area contributed by atoms with Crippen LogP contribution in [0.15, 0.2) is 29.3 Å². The lowest BCUT2D eigenvalue weighted by Gasteiger charge is -2.37. The summed E-state index contributed by atoms with van der Waals surface area (Å²) >= 11 is 2.04. The number of guanidine groups is 1. The summed E-state index contributed by atoms with van der Waals surface area (Å²) in [5.74, 6) is 2.94. The molecule has 0 atom stereocenters. The van der Waals surface area contributed by atoms with Gasteiger partial charge < -0.3 is 19.7 Å². The highest BCUT2D eigenvalue weighted by atomic mass is 127. The average molecular weight is 493 g/mol. The molecule has 1 aromatic carbocycles. The highest BCUT2D eigenvalue weighted by Crippen LogP contribution is 2.34. The number of benzene rings is 1. The predicted octanol–water partition coefficient (Wildman–Crippen LogP) is 3.62. The fraction of sp³-hybridized carbons (Fsp3) is 0.632. The van der Waals surface area contributed by atoms with Gasteiger partial charge in [0.25, 0.3) is 0 Å². The van der Waals surface area contributed by atoms with Crippen LogP contribution in [0.3, 0.4) is 0 Å². The number of nitrogens with zero attached hydrogens (tertiary/aromatic N) is 2. The number of hydrogen-bond acceptors (Lipinski definition) is 4. The van der Waals surface area contributed by atoms with Crippen molar-refractivity contribution >= 4 is 41.7 Å². The van der Waals surface area contributed by atoms with Crippen LogP contribution in [-0.4, -0.2) is 62.3 Å². The van der Waals surface area contributed by atoms with Crippen LogP contribution in [0.25, 0.3) is 0 Å². The van der Waals surface area contributed by atoms with Crippen molar-refractivity contribution in [1.29, 1.82) is 0 Å². The first-order valence-electron chi connectivity index (χ1n) is 8.89. The number of halogens is 1. The minimum absolute atomic E-state index is 0. The van der Waals surface area contributed by atoms with Gasteiger partial charge in [-0.05, 0) is 36.3 Å². The molecule has 7 heteroatoms. The van der Waals surface area contributed by atoms with E-state index in [1.807, 2.05) is 30.9 Å². The zero-order valence-corrected chi connectivity index (χ0v) is 19.4. The van der Waals surface area contributed by atoms with E-state index in [9.17, 15) is 0 Å². The zero-order valence-electron chi connectivity index (χ0n) is 16.3. The molecule has 0 bridgehead atoms. The third-order valence-corrected chi connectivity index (χ3v) is 6.03. The van der Waals surface area contributed by atoms with Crippen molar-refractivity contribution in [3.63, 3.8) is 0 Å². The summed E-state index contributed by atoms with van der Waals surface area (Å²) in [6.45, 7) is 5.67. The number of nitrogens with one attached hydrogen (secondary N) is 1. The van der Waals surface area contributed by atoms with Crippen molar-refractivity contribution in [2.45, 2.75) is 31.1 Å². The molecule has 0 radical (unpaired) electrons. The number of thioether (sulfide) groups is 1. The molecule has 1 aliphatic rings. The average Bonchev–Trinajstić information content (AvgIpc) is 2.64. The Morgan fingerprint density at radius 2 is 1.96 bits per heavy atom. The zero-order chi connectivity index (χ0) is 18.1. The lowest BCUT2D eigenvalue weighted by atomic mass is 9.99. The Morgan fingerprint density at radius 3 is 2.50 bits per heavy atom. The van der Waals surface area contributed by atoms with Crippen molar-refractivity contribution in [1.82, 2.24) is 10.2 Å². The SMILES string of the molecule is CCSC1(CNC(=NC)N(C)Cc2ccc(OC)cc2)CCOCC1.I. The molecule has 0 amide bonds. The Bertz CT molecular complexity index is 543. The summed E-state index contributed by atoms with van der Waals surface area (Å²) in [5.41, 5.74) is 1.23. The van der Waals surface area contributed by atoms with Crippen molar-refractivity contribution in [3.8, 4) is 5.75 Å². The molecule has 1 aliphatic heterocycles. The topological polar surface area (TPSA) is 46.1 Å². The van der Waals surface area contributed by atoms with Crippen LogP contribution in [0, 0.1) is 0 Å². The molecular weight excluding hydrogens is 461 g/mol. The minimum Gasteiger partial charge on any atom is -0.497 e. The first kappa shape index (κ1) is 23.4. The molecule has 1 saturated heterocycles. The third-order valence-electron chi connectivity index (χ3n) is 4.58. The molecule has 26 heavy (non-hydrogen) atoms. The van der Waals surface area contributed by atoms with Crippen LogP contribution >= 0.6 is 35.7 Å². The molecular formula is C19H32IN3O2S. The number of rotatable bonds is 7. The summed E-state index contributed by atoms with van der Waals surface area (Å²) in [6, 6.07) is 8.17. The van der Waals surface area contributed by atoms with Gasteiger partial charge in [-0.2, -0.15) is 11.8 Å². The number of methoxy groups -OCH3 is 1. The smallest absolute Gasteiger partial charge is 0.193 e. The molecule has 1 fully saturated rings. The summed E-state index contributed by atoms with van der Waals surface area (Å²) in [5, 5.41) is 3.58. The van der Waals surface area contributed by atoms with Crippen LogP contribution in [0.2, 0.25) is 0 Å². The fourth-order valence-electron chi connectivity index (χ4n) is 3.13. The summed E-state index contributed by atoms with van der Waals surface area (Å²) in [4.78, 5) is 6.62. The predicted molar refractivity (Wildman–Crippen MR) is 122 cm³/mol. The lowest BCUT2D eigenvalue weighted by Crippen LogP contribution is -2.48. The fourth-order valence-corrected chi connectivity index (χ4v) is 4.37. The molecule has 1 aromatic rings. The molecule has 5 nitrogen and oxygen atoms in total. The summed E-state index contributed by atoms with van der Waals surface area (Å²) in [6.07, 6.45) is 2.19. The minimum atomic E-state index is 0. The maximum atomic E-state index is 5.56. The van der Waals surface area contributed by atoms with Gasteiger partial charge in [0.2, 0.25) is 0 Å². The molecule has 0 saturated carbocycles. The van der Waals surface area contributed by atoms with E-state index in [2.05, 4.69) is 41.3 Å². The molecule has 148 valence electrons. The third kappa shape index (κ3) is 6.81. The van der Waals surface area contributed by atoms with Crippen molar-refractivity contribution in [3.05, 3.63) is 29.8 Å². The van der Waals surface area contributed by atoms with E-state index in [1.165, 1.54) is 5.56 Å². The van der Waals surface area contributed by atoms with E-state index in [0.29, 0.717) is 0 Å². The highest BCUT2D eigenvalue weighted by Gasteiger charge is 2.32. The monoisotopic (exact) mass is 493 g/mol. The van der Waals surface area contributed by atoms with E-state index in [0.717, 1.165) is 56.6 Å². The van der Waals surface area contributed by atoms with E-state index in [-0.39, 0.29) is 28.7 Å². The molecule has 1 N–H and O–H groups in total. The second-order valence-electron chi connectivity index (χ2n) is 6.33. The second kappa shape index (κ2) is 11.9. The van der Waals surface area contributed by atoms with E-state index in [4.69, 9.17) is 9.47 Å².